The highest BCUT2D eigenvalue weighted by molar-refractivity contribution is 9.10. The first-order chi connectivity index (χ1) is 5.27. The summed E-state index contributed by atoms with van der Waals surface area (Å²) in [6, 6.07) is 8.69. The summed E-state index contributed by atoms with van der Waals surface area (Å²) in [6.07, 6.45) is 1.38. The Morgan fingerprint density at radius 2 is 1.82 bits per heavy atom. The van der Waals surface area contributed by atoms with Crippen LogP contribution in [0.15, 0.2) is 28.7 Å². The van der Waals surface area contributed by atoms with Gasteiger partial charge in [0.2, 0.25) is 0 Å². The van der Waals surface area contributed by atoms with Crippen molar-refractivity contribution in [2.75, 3.05) is 0 Å². The molecule has 1 aliphatic carbocycles. The molecule has 0 nitrogen and oxygen atoms in total. The molecular formula is C10H11Br. The summed E-state index contributed by atoms with van der Waals surface area (Å²) in [5.41, 5.74) is 1.50. The number of hydrogen-bond donors (Lipinski definition) is 0. The van der Waals surface area contributed by atoms with E-state index < -0.39 is 0 Å². The minimum Gasteiger partial charge on any atom is -0.0619 e. The van der Waals surface area contributed by atoms with Crippen molar-refractivity contribution in [3.63, 3.8) is 0 Å². The van der Waals surface area contributed by atoms with E-state index in [0.717, 1.165) is 11.8 Å². The van der Waals surface area contributed by atoms with Gasteiger partial charge in [-0.05, 0) is 36.0 Å². The van der Waals surface area contributed by atoms with Crippen molar-refractivity contribution in [3.8, 4) is 0 Å². The Hall–Kier alpha value is -0.300. The molecule has 0 unspecified atom stereocenters. The highest BCUT2D eigenvalue weighted by atomic mass is 79.9. The van der Waals surface area contributed by atoms with Crippen LogP contribution in [0.4, 0.5) is 0 Å². The van der Waals surface area contributed by atoms with Crippen LogP contribution in [0.2, 0.25) is 0 Å². The Morgan fingerprint density at radius 3 is 2.27 bits per heavy atom. The average molecular weight is 211 g/mol. The fraction of sp³-hybridized carbons (Fsp3) is 0.400. The summed E-state index contributed by atoms with van der Waals surface area (Å²) in [5.74, 6) is 1.76. The number of halogens is 1. The molecule has 1 fully saturated rings. The van der Waals surface area contributed by atoms with Crippen LogP contribution in [-0.4, -0.2) is 0 Å². The lowest BCUT2D eigenvalue weighted by molar-refractivity contribution is 0.914. The summed E-state index contributed by atoms with van der Waals surface area (Å²) < 4.78 is 1.18. The van der Waals surface area contributed by atoms with Gasteiger partial charge in [-0.3, -0.25) is 0 Å². The molecule has 0 heterocycles. The van der Waals surface area contributed by atoms with Gasteiger partial charge in [-0.1, -0.05) is 35.0 Å². The first-order valence-corrected chi connectivity index (χ1v) is 4.82. The van der Waals surface area contributed by atoms with E-state index in [1.54, 1.807) is 0 Å². The molecule has 11 heavy (non-hydrogen) atoms. The quantitative estimate of drug-likeness (QED) is 0.666. The molecule has 1 aromatic rings. The first-order valence-electron chi connectivity index (χ1n) is 4.03. The Balaban J connectivity index is 2.21. The van der Waals surface area contributed by atoms with E-state index in [1.807, 2.05) is 0 Å². The molecule has 2 rings (SSSR count). The maximum atomic E-state index is 3.43. The molecule has 58 valence electrons. The van der Waals surface area contributed by atoms with Crippen LogP contribution >= 0.6 is 15.9 Å². The SMILES string of the molecule is C[C@H]1C[C@H]1c1ccc(Br)cc1. The van der Waals surface area contributed by atoms with Gasteiger partial charge in [-0.2, -0.15) is 0 Å². The van der Waals surface area contributed by atoms with Gasteiger partial charge < -0.3 is 0 Å². The second-order valence-electron chi connectivity index (χ2n) is 3.37. The van der Waals surface area contributed by atoms with Crippen molar-refractivity contribution in [2.24, 2.45) is 5.92 Å². The normalized spacial score (nSPS) is 28.5. The highest BCUT2D eigenvalue weighted by Gasteiger charge is 2.33. The summed E-state index contributed by atoms with van der Waals surface area (Å²) in [6.45, 7) is 2.31. The lowest BCUT2D eigenvalue weighted by atomic mass is 10.1. The van der Waals surface area contributed by atoms with Gasteiger partial charge in [0.15, 0.2) is 0 Å². The van der Waals surface area contributed by atoms with Crippen LogP contribution in [0.5, 0.6) is 0 Å². The molecule has 0 aromatic heterocycles. The van der Waals surface area contributed by atoms with Crippen molar-refractivity contribution in [1.82, 2.24) is 0 Å². The van der Waals surface area contributed by atoms with Gasteiger partial charge >= 0.3 is 0 Å². The third-order valence-corrected chi connectivity index (χ3v) is 2.94. The van der Waals surface area contributed by atoms with Gasteiger partial charge in [-0.25, -0.2) is 0 Å². The van der Waals surface area contributed by atoms with Crippen LogP contribution in [0, 0.1) is 5.92 Å². The Morgan fingerprint density at radius 1 is 1.27 bits per heavy atom. The van der Waals surface area contributed by atoms with Gasteiger partial charge in [0.25, 0.3) is 0 Å². The Bertz CT molecular complexity index is 250. The van der Waals surface area contributed by atoms with Crippen LogP contribution in [0.3, 0.4) is 0 Å². The molecule has 0 saturated heterocycles. The van der Waals surface area contributed by atoms with E-state index >= 15 is 0 Å². The molecule has 0 radical (unpaired) electrons. The van der Waals surface area contributed by atoms with Crippen molar-refractivity contribution >= 4 is 15.9 Å². The Kier molecular flexibility index (Phi) is 1.76. The third-order valence-electron chi connectivity index (χ3n) is 2.41. The summed E-state index contributed by atoms with van der Waals surface area (Å²) in [5, 5.41) is 0. The minimum atomic E-state index is 0.850. The van der Waals surface area contributed by atoms with Crippen LogP contribution in [-0.2, 0) is 0 Å². The molecule has 2 atom stereocenters. The topological polar surface area (TPSA) is 0 Å². The van der Waals surface area contributed by atoms with E-state index in [4.69, 9.17) is 0 Å². The fourth-order valence-corrected chi connectivity index (χ4v) is 1.76. The monoisotopic (exact) mass is 210 g/mol. The van der Waals surface area contributed by atoms with Gasteiger partial charge in [0.05, 0.1) is 0 Å². The first kappa shape index (κ1) is 7.35. The van der Waals surface area contributed by atoms with E-state index in [0.29, 0.717) is 0 Å². The smallest absolute Gasteiger partial charge is 0.0175 e. The lowest BCUT2D eigenvalue weighted by Gasteiger charge is -1.97. The van der Waals surface area contributed by atoms with Crippen LogP contribution in [0.25, 0.3) is 0 Å². The van der Waals surface area contributed by atoms with E-state index in [1.165, 1.54) is 16.5 Å². The van der Waals surface area contributed by atoms with E-state index in [-0.39, 0.29) is 0 Å². The average Bonchev–Trinajstić information content (AvgIpc) is 2.69. The van der Waals surface area contributed by atoms with Crippen molar-refractivity contribution in [1.29, 1.82) is 0 Å². The minimum absolute atomic E-state index is 0.850. The molecule has 0 bridgehead atoms. The molecule has 1 heteroatoms. The van der Waals surface area contributed by atoms with Crippen LogP contribution in [0.1, 0.15) is 24.8 Å². The molecule has 0 amide bonds. The molecule has 0 aliphatic heterocycles. The molecule has 1 aliphatic rings. The fourth-order valence-electron chi connectivity index (χ4n) is 1.50. The highest BCUT2D eigenvalue weighted by Crippen LogP contribution is 2.46. The molecule has 1 aromatic carbocycles. The maximum absolute atomic E-state index is 3.43. The zero-order valence-corrected chi connectivity index (χ0v) is 8.14. The second-order valence-corrected chi connectivity index (χ2v) is 4.29. The zero-order valence-electron chi connectivity index (χ0n) is 6.55. The van der Waals surface area contributed by atoms with E-state index in [9.17, 15) is 0 Å². The predicted octanol–water partition coefficient (Wildman–Crippen LogP) is 3.57. The number of hydrogen-bond acceptors (Lipinski definition) is 0. The lowest BCUT2D eigenvalue weighted by Crippen LogP contribution is -1.78. The largest absolute Gasteiger partial charge is 0.0619 e. The molecule has 0 N–H and O–H groups in total. The van der Waals surface area contributed by atoms with Crippen molar-refractivity contribution in [3.05, 3.63) is 34.3 Å². The Labute approximate surface area is 75.8 Å². The van der Waals surface area contributed by atoms with Crippen LogP contribution < -0.4 is 0 Å². The summed E-state index contributed by atoms with van der Waals surface area (Å²) in [7, 11) is 0. The number of benzene rings is 1. The molecular weight excluding hydrogens is 200 g/mol. The molecule has 0 spiro atoms. The molecule has 1 saturated carbocycles. The number of rotatable bonds is 1. The summed E-state index contributed by atoms with van der Waals surface area (Å²) >= 11 is 3.43. The van der Waals surface area contributed by atoms with Gasteiger partial charge in [0, 0.05) is 4.47 Å². The van der Waals surface area contributed by atoms with Gasteiger partial charge in [-0.15, -0.1) is 0 Å². The summed E-state index contributed by atoms with van der Waals surface area (Å²) in [4.78, 5) is 0. The van der Waals surface area contributed by atoms with Crippen molar-refractivity contribution < 1.29 is 0 Å². The standard InChI is InChI=1S/C10H11Br/c1-7-6-10(7)8-2-4-9(11)5-3-8/h2-5,7,10H,6H2,1H3/t7-,10+/m0/s1. The van der Waals surface area contributed by atoms with Gasteiger partial charge in [0.1, 0.15) is 0 Å². The predicted molar refractivity (Wildman–Crippen MR) is 50.7 cm³/mol. The van der Waals surface area contributed by atoms with E-state index in [2.05, 4.69) is 47.1 Å². The zero-order chi connectivity index (χ0) is 7.84. The maximum Gasteiger partial charge on any atom is 0.0175 e. The van der Waals surface area contributed by atoms with Crippen molar-refractivity contribution in [2.45, 2.75) is 19.3 Å². The second kappa shape index (κ2) is 2.63. The third kappa shape index (κ3) is 1.48.